The summed E-state index contributed by atoms with van der Waals surface area (Å²) in [5.74, 6) is 5.66. The molecule has 0 radical (unpaired) electrons. The second-order valence-corrected chi connectivity index (χ2v) is 5.77. The standard InChI is InChI=1S/C13H17N5OS/c1-10(20-13-16-15-9-18(13)14)12(19)17(2)8-11-6-4-3-5-7-11/h3-7,9-10H,8,14H2,1-2H3/t10-/m0/s1. The third-order valence-corrected chi connectivity index (χ3v) is 3.87. The molecule has 0 aliphatic carbocycles. The van der Waals surface area contributed by atoms with Crippen LogP contribution < -0.4 is 5.84 Å². The van der Waals surface area contributed by atoms with E-state index in [0.29, 0.717) is 11.7 Å². The van der Waals surface area contributed by atoms with Crippen molar-refractivity contribution in [2.45, 2.75) is 23.9 Å². The second-order valence-electron chi connectivity index (χ2n) is 4.46. The number of hydrogen-bond acceptors (Lipinski definition) is 5. The highest BCUT2D eigenvalue weighted by Crippen LogP contribution is 2.21. The zero-order chi connectivity index (χ0) is 14.5. The van der Waals surface area contributed by atoms with E-state index < -0.39 is 0 Å². The average molecular weight is 291 g/mol. The number of nitrogens with two attached hydrogens (primary N) is 1. The molecule has 7 heteroatoms. The molecule has 1 atom stereocenters. The van der Waals surface area contributed by atoms with Crippen LogP contribution in [0.4, 0.5) is 0 Å². The van der Waals surface area contributed by atoms with E-state index in [9.17, 15) is 4.79 Å². The Morgan fingerprint density at radius 1 is 1.45 bits per heavy atom. The number of benzene rings is 1. The first-order chi connectivity index (χ1) is 9.58. The number of thioether (sulfide) groups is 1. The maximum atomic E-state index is 12.3. The Morgan fingerprint density at radius 2 is 2.15 bits per heavy atom. The molecule has 0 saturated carbocycles. The number of aromatic nitrogens is 3. The molecule has 0 aliphatic heterocycles. The number of amides is 1. The summed E-state index contributed by atoms with van der Waals surface area (Å²) in [6.45, 7) is 2.42. The molecule has 1 aromatic carbocycles. The molecule has 2 N–H and O–H groups in total. The summed E-state index contributed by atoms with van der Waals surface area (Å²) < 4.78 is 1.31. The number of carbonyl (C=O) groups is 1. The van der Waals surface area contributed by atoms with E-state index >= 15 is 0 Å². The molecule has 1 aromatic heterocycles. The van der Waals surface area contributed by atoms with Crippen LogP contribution in [0.5, 0.6) is 0 Å². The van der Waals surface area contributed by atoms with Crippen molar-refractivity contribution in [1.29, 1.82) is 0 Å². The van der Waals surface area contributed by atoms with Crippen LogP contribution in [0.1, 0.15) is 12.5 Å². The van der Waals surface area contributed by atoms with E-state index in [-0.39, 0.29) is 11.2 Å². The van der Waals surface area contributed by atoms with Gasteiger partial charge in [0.1, 0.15) is 6.33 Å². The summed E-state index contributed by atoms with van der Waals surface area (Å²) in [5, 5.41) is 7.81. The van der Waals surface area contributed by atoms with Gasteiger partial charge in [-0.2, -0.15) is 0 Å². The fourth-order valence-electron chi connectivity index (χ4n) is 1.77. The lowest BCUT2D eigenvalue weighted by Gasteiger charge is -2.20. The van der Waals surface area contributed by atoms with Crippen molar-refractivity contribution in [3.8, 4) is 0 Å². The Balaban J connectivity index is 1.94. The van der Waals surface area contributed by atoms with Crippen LogP contribution in [-0.4, -0.2) is 38.0 Å². The monoisotopic (exact) mass is 291 g/mol. The number of rotatable bonds is 5. The van der Waals surface area contributed by atoms with Crippen LogP contribution >= 0.6 is 11.8 Å². The molecule has 0 bridgehead atoms. The highest BCUT2D eigenvalue weighted by atomic mass is 32.2. The zero-order valence-corrected chi connectivity index (χ0v) is 12.2. The number of nitrogen functional groups attached to an aromatic ring is 1. The van der Waals surface area contributed by atoms with Gasteiger partial charge in [0.05, 0.1) is 5.25 Å². The van der Waals surface area contributed by atoms with Gasteiger partial charge in [0.25, 0.3) is 0 Å². The third kappa shape index (κ3) is 3.51. The minimum atomic E-state index is -0.268. The van der Waals surface area contributed by atoms with Gasteiger partial charge in [0, 0.05) is 13.6 Å². The van der Waals surface area contributed by atoms with Crippen LogP contribution in [0, 0.1) is 0 Å². The Bertz CT molecular complexity index is 571. The van der Waals surface area contributed by atoms with E-state index in [4.69, 9.17) is 5.84 Å². The summed E-state index contributed by atoms with van der Waals surface area (Å²) in [5.41, 5.74) is 1.10. The van der Waals surface area contributed by atoms with Gasteiger partial charge in [-0.3, -0.25) is 4.79 Å². The summed E-state index contributed by atoms with van der Waals surface area (Å²) >= 11 is 1.30. The lowest BCUT2D eigenvalue weighted by Crippen LogP contribution is -2.33. The molecule has 0 saturated heterocycles. The maximum Gasteiger partial charge on any atom is 0.235 e. The van der Waals surface area contributed by atoms with Crippen molar-refractivity contribution in [3.05, 3.63) is 42.2 Å². The van der Waals surface area contributed by atoms with Crippen LogP contribution in [-0.2, 0) is 11.3 Å². The molecular weight excluding hydrogens is 274 g/mol. The molecule has 0 unspecified atom stereocenters. The minimum Gasteiger partial charge on any atom is -0.340 e. The molecule has 106 valence electrons. The predicted molar refractivity (Wildman–Crippen MR) is 78.4 cm³/mol. The van der Waals surface area contributed by atoms with Crippen molar-refractivity contribution >= 4 is 17.7 Å². The molecule has 0 fully saturated rings. The summed E-state index contributed by atoms with van der Waals surface area (Å²) in [6.07, 6.45) is 1.41. The first kappa shape index (κ1) is 14.4. The molecule has 0 aliphatic rings. The van der Waals surface area contributed by atoms with Crippen molar-refractivity contribution in [2.75, 3.05) is 12.9 Å². The molecule has 1 heterocycles. The molecular formula is C13H17N5OS. The van der Waals surface area contributed by atoms with E-state index in [1.165, 1.54) is 22.8 Å². The molecule has 2 rings (SSSR count). The van der Waals surface area contributed by atoms with Gasteiger partial charge in [-0.1, -0.05) is 42.1 Å². The van der Waals surface area contributed by atoms with Crippen molar-refractivity contribution in [1.82, 2.24) is 19.8 Å². The second kappa shape index (κ2) is 6.42. The summed E-state index contributed by atoms with van der Waals surface area (Å²) in [7, 11) is 1.79. The Morgan fingerprint density at radius 3 is 2.75 bits per heavy atom. The van der Waals surface area contributed by atoms with E-state index in [2.05, 4.69) is 10.2 Å². The lowest BCUT2D eigenvalue weighted by molar-refractivity contribution is -0.129. The SMILES string of the molecule is C[C@H](Sc1nncn1N)C(=O)N(C)Cc1ccccc1. The first-order valence-electron chi connectivity index (χ1n) is 6.18. The number of carbonyl (C=O) groups excluding carboxylic acids is 1. The molecule has 1 amide bonds. The molecule has 2 aromatic rings. The maximum absolute atomic E-state index is 12.3. The quantitative estimate of drug-likeness (QED) is 0.660. The van der Waals surface area contributed by atoms with Gasteiger partial charge in [0.15, 0.2) is 0 Å². The van der Waals surface area contributed by atoms with Gasteiger partial charge < -0.3 is 10.7 Å². The Labute approximate surface area is 121 Å². The Kier molecular flexibility index (Phi) is 4.62. The fourth-order valence-corrected chi connectivity index (χ4v) is 2.63. The van der Waals surface area contributed by atoms with E-state index in [1.54, 1.807) is 11.9 Å². The predicted octanol–water partition coefficient (Wildman–Crippen LogP) is 1.13. The summed E-state index contributed by atoms with van der Waals surface area (Å²) in [6, 6.07) is 9.87. The summed E-state index contributed by atoms with van der Waals surface area (Å²) in [4.78, 5) is 14.0. The van der Waals surface area contributed by atoms with Gasteiger partial charge in [-0.15, -0.1) is 10.2 Å². The van der Waals surface area contributed by atoms with Gasteiger partial charge >= 0.3 is 0 Å². The largest absolute Gasteiger partial charge is 0.340 e. The number of nitrogens with zero attached hydrogens (tertiary/aromatic N) is 4. The van der Waals surface area contributed by atoms with Crippen molar-refractivity contribution < 1.29 is 4.79 Å². The minimum absolute atomic E-state index is 0.0295. The normalized spacial score (nSPS) is 12.1. The first-order valence-corrected chi connectivity index (χ1v) is 7.06. The van der Waals surface area contributed by atoms with Gasteiger partial charge in [-0.25, -0.2) is 4.68 Å². The average Bonchev–Trinajstić information content (AvgIpc) is 2.84. The van der Waals surface area contributed by atoms with Crippen LogP contribution in [0.15, 0.2) is 41.8 Å². The van der Waals surface area contributed by atoms with Gasteiger partial charge in [-0.05, 0) is 12.5 Å². The van der Waals surface area contributed by atoms with E-state index in [0.717, 1.165) is 5.56 Å². The van der Waals surface area contributed by atoms with Crippen molar-refractivity contribution in [3.63, 3.8) is 0 Å². The lowest BCUT2D eigenvalue weighted by atomic mass is 10.2. The highest BCUT2D eigenvalue weighted by molar-refractivity contribution is 8.00. The highest BCUT2D eigenvalue weighted by Gasteiger charge is 2.20. The van der Waals surface area contributed by atoms with Gasteiger partial charge in [0.2, 0.25) is 11.1 Å². The smallest absolute Gasteiger partial charge is 0.235 e. The van der Waals surface area contributed by atoms with Crippen LogP contribution in [0.3, 0.4) is 0 Å². The molecule has 20 heavy (non-hydrogen) atoms. The Hall–Kier alpha value is -2.02. The van der Waals surface area contributed by atoms with Crippen LogP contribution in [0.2, 0.25) is 0 Å². The topological polar surface area (TPSA) is 77.0 Å². The third-order valence-electron chi connectivity index (χ3n) is 2.81. The zero-order valence-electron chi connectivity index (χ0n) is 11.4. The fraction of sp³-hybridized carbons (Fsp3) is 0.308. The number of hydrogen-bond donors (Lipinski definition) is 1. The molecule has 6 nitrogen and oxygen atoms in total. The van der Waals surface area contributed by atoms with E-state index in [1.807, 2.05) is 37.3 Å². The van der Waals surface area contributed by atoms with Crippen molar-refractivity contribution in [2.24, 2.45) is 0 Å². The van der Waals surface area contributed by atoms with Crippen LogP contribution in [0.25, 0.3) is 0 Å². The molecule has 0 spiro atoms.